The maximum absolute atomic E-state index is 12.2. The summed E-state index contributed by atoms with van der Waals surface area (Å²) in [5, 5.41) is 2.10. The molecular formula is C22H18N4OS2. The van der Waals surface area contributed by atoms with E-state index < -0.39 is 0 Å². The fourth-order valence-corrected chi connectivity index (χ4v) is 5.38. The Morgan fingerprint density at radius 3 is 2.76 bits per heavy atom. The number of para-hydroxylation sites is 2. The van der Waals surface area contributed by atoms with Crippen LogP contribution in [0.5, 0.6) is 0 Å². The second kappa shape index (κ2) is 7.85. The van der Waals surface area contributed by atoms with Crippen LogP contribution in [-0.4, -0.2) is 25.3 Å². The number of hydrogen-bond acceptors (Lipinski definition) is 5. The lowest BCUT2D eigenvalue weighted by Gasteiger charge is -2.04. The van der Waals surface area contributed by atoms with Crippen LogP contribution in [0.2, 0.25) is 0 Å². The number of H-pyrrole nitrogens is 1. The molecule has 0 saturated carbocycles. The number of aromatic amines is 1. The number of nitrogens with zero attached hydrogens (tertiary/aromatic N) is 3. The molecule has 5 rings (SSSR count). The number of aryl methyl sites for hydroxylation is 1. The van der Waals surface area contributed by atoms with Gasteiger partial charge < -0.3 is 4.98 Å². The SMILES string of the molecule is O=c1[nH]c2ccccc2n1CCCSc1ncnc2sc(-c3ccccc3)cc12. The molecule has 7 heteroatoms. The Labute approximate surface area is 175 Å². The number of nitrogens with one attached hydrogen (secondary N) is 1. The molecule has 1 N–H and O–H groups in total. The van der Waals surface area contributed by atoms with Crippen molar-refractivity contribution in [3.05, 3.63) is 77.5 Å². The van der Waals surface area contributed by atoms with Gasteiger partial charge in [0.25, 0.3) is 0 Å². The lowest BCUT2D eigenvalue weighted by atomic mass is 10.2. The molecule has 0 unspecified atom stereocenters. The summed E-state index contributed by atoms with van der Waals surface area (Å²) in [5.41, 5.74) is 2.99. The molecule has 0 atom stereocenters. The van der Waals surface area contributed by atoms with E-state index in [9.17, 15) is 4.79 Å². The highest BCUT2D eigenvalue weighted by Crippen LogP contribution is 2.36. The fourth-order valence-electron chi connectivity index (χ4n) is 3.41. The van der Waals surface area contributed by atoms with Gasteiger partial charge in [0.2, 0.25) is 0 Å². The lowest BCUT2D eigenvalue weighted by Crippen LogP contribution is -2.17. The quantitative estimate of drug-likeness (QED) is 0.234. The molecular weight excluding hydrogens is 400 g/mol. The van der Waals surface area contributed by atoms with E-state index in [4.69, 9.17) is 0 Å². The minimum Gasteiger partial charge on any atom is -0.306 e. The van der Waals surface area contributed by atoms with Gasteiger partial charge in [0.15, 0.2) is 0 Å². The van der Waals surface area contributed by atoms with Gasteiger partial charge in [-0.3, -0.25) is 4.57 Å². The number of hydrogen-bond donors (Lipinski definition) is 1. The van der Waals surface area contributed by atoms with Crippen LogP contribution in [0.15, 0.2) is 76.8 Å². The van der Waals surface area contributed by atoms with Crippen molar-refractivity contribution in [1.82, 2.24) is 19.5 Å². The minimum absolute atomic E-state index is 0.0500. The smallest absolute Gasteiger partial charge is 0.306 e. The second-order valence-electron chi connectivity index (χ2n) is 6.68. The van der Waals surface area contributed by atoms with Gasteiger partial charge in [-0.25, -0.2) is 14.8 Å². The summed E-state index contributed by atoms with van der Waals surface area (Å²) in [5.74, 6) is 0.884. The van der Waals surface area contributed by atoms with Crippen molar-refractivity contribution in [2.75, 3.05) is 5.75 Å². The second-order valence-corrected chi connectivity index (χ2v) is 8.79. The number of thiophene rings is 1. The Morgan fingerprint density at radius 1 is 1.03 bits per heavy atom. The number of imidazole rings is 1. The molecule has 0 bridgehead atoms. The molecule has 0 saturated heterocycles. The highest BCUT2D eigenvalue weighted by atomic mass is 32.2. The van der Waals surface area contributed by atoms with Gasteiger partial charge in [0.05, 0.1) is 11.0 Å². The number of aromatic nitrogens is 4. The highest BCUT2D eigenvalue weighted by Gasteiger charge is 2.11. The van der Waals surface area contributed by atoms with E-state index in [-0.39, 0.29) is 5.69 Å². The molecule has 0 amide bonds. The largest absolute Gasteiger partial charge is 0.326 e. The van der Waals surface area contributed by atoms with Crippen molar-refractivity contribution in [3.63, 3.8) is 0 Å². The average Bonchev–Trinajstić information content (AvgIpc) is 3.33. The van der Waals surface area contributed by atoms with Crippen LogP contribution in [0.1, 0.15) is 6.42 Å². The average molecular weight is 419 g/mol. The molecule has 3 heterocycles. The van der Waals surface area contributed by atoms with E-state index >= 15 is 0 Å². The Bertz CT molecular complexity index is 1340. The van der Waals surface area contributed by atoms with Gasteiger partial charge in [0, 0.05) is 22.6 Å². The van der Waals surface area contributed by atoms with E-state index in [0.29, 0.717) is 6.54 Å². The van der Waals surface area contributed by atoms with Gasteiger partial charge >= 0.3 is 5.69 Å². The van der Waals surface area contributed by atoms with Crippen molar-refractivity contribution >= 4 is 44.3 Å². The molecule has 0 spiro atoms. The summed E-state index contributed by atoms with van der Waals surface area (Å²) in [6, 6.07) is 20.3. The maximum Gasteiger partial charge on any atom is 0.326 e. The van der Waals surface area contributed by atoms with Crippen LogP contribution in [-0.2, 0) is 6.54 Å². The molecule has 144 valence electrons. The van der Waals surface area contributed by atoms with Gasteiger partial charge in [-0.05, 0) is 30.2 Å². The third-order valence-corrected chi connectivity index (χ3v) is 6.98. The van der Waals surface area contributed by atoms with Crippen LogP contribution < -0.4 is 5.69 Å². The first-order valence-electron chi connectivity index (χ1n) is 9.40. The topological polar surface area (TPSA) is 63.6 Å². The van der Waals surface area contributed by atoms with Crippen LogP contribution in [0.4, 0.5) is 0 Å². The minimum atomic E-state index is -0.0500. The van der Waals surface area contributed by atoms with E-state index in [1.807, 2.05) is 47.0 Å². The first-order chi connectivity index (χ1) is 14.3. The normalized spacial score (nSPS) is 11.4. The van der Waals surface area contributed by atoms with Crippen LogP contribution in [0.3, 0.4) is 0 Å². The summed E-state index contributed by atoms with van der Waals surface area (Å²) in [6.45, 7) is 0.684. The zero-order chi connectivity index (χ0) is 19.6. The summed E-state index contributed by atoms with van der Waals surface area (Å²) in [4.78, 5) is 26.3. The van der Waals surface area contributed by atoms with Gasteiger partial charge in [-0.15, -0.1) is 23.1 Å². The number of thioether (sulfide) groups is 1. The van der Waals surface area contributed by atoms with Crippen molar-refractivity contribution in [3.8, 4) is 10.4 Å². The van der Waals surface area contributed by atoms with E-state index in [1.54, 1.807) is 29.4 Å². The van der Waals surface area contributed by atoms with E-state index in [0.717, 1.165) is 38.4 Å². The molecule has 0 radical (unpaired) electrons. The number of benzene rings is 2. The lowest BCUT2D eigenvalue weighted by molar-refractivity contribution is 0.679. The monoisotopic (exact) mass is 418 g/mol. The predicted molar refractivity (Wildman–Crippen MR) is 121 cm³/mol. The van der Waals surface area contributed by atoms with Crippen molar-refractivity contribution < 1.29 is 0 Å². The Morgan fingerprint density at radius 2 is 1.86 bits per heavy atom. The van der Waals surface area contributed by atoms with E-state index in [2.05, 4.69) is 33.2 Å². The van der Waals surface area contributed by atoms with Gasteiger partial charge in [-0.2, -0.15) is 0 Å². The first kappa shape index (κ1) is 18.1. The maximum atomic E-state index is 12.2. The summed E-state index contributed by atoms with van der Waals surface area (Å²) >= 11 is 3.41. The van der Waals surface area contributed by atoms with Crippen LogP contribution >= 0.6 is 23.1 Å². The van der Waals surface area contributed by atoms with Crippen molar-refractivity contribution in [2.45, 2.75) is 18.0 Å². The third-order valence-electron chi connectivity index (χ3n) is 4.80. The van der Waals surface area contributed by atoms with E-state index in [1.165, 1.54) is 10.4 Å². The van der Waals surface area contributed by atoms with Crippen LogP contribution in [0.25, 0.3) is 31.7 Å². The summed E-state index contributed by atoms with van der Waals surface area (Å²) in [7, 11) is 0. The summed E-state index contributed by atoms with van der Waals surface area (Å²) < 4.78 is 1.81. The Kier molecular flexibility index (Phi) is 4.91. The molecule has 0 aliphatic rings. The van der Waals surface area contributed by atoms with Crippen LogP contribution in [0, 0.1) is 0 Å². The Balaban J connectivity index is 1.31. The molecule has 0 aliphatic heterocycles. The molecule has 2 aromatic carbocycles. The zero-order valence-electron chi connectivity index (χ0n) is 15.5. The number of rotatable bonds is 6. The first-order valence-corrected chi connectivity index (χ1v) is 11.2. The van der Waals surface area contributed by atoms with Crippen molar-refractivity contribution in [1.29, 1.82) is 0 Å². The number of fused-ring (bicyclic) bond motifs is 2. The molecule has 0 aliphatic carbocycles. The van der Waals surface area contributed by atoms with Gasteiger partial charge in [-0.1, -0.05) is 42.5 Å². The molecule has 5 nitrogen and oxygen atoms in total. The Hall–Kier alpha value is -2.90. The highest BCUT2D eigenvalue weighted by molar-refractivity contribution is 7.99. The zero-order valence-corrected chi connectivity index (χ0v) is 17.2. The molecule has 3 aromatic heterocycles. The molecule has 0 fully saturated rings. The summed E-state index contributed by atoms with van der Waals surface area (Å²) in [6.07, 6.45) is 2.52. The third kappa shape index (κ3) is 3.59. The molecule has 29 heavy (non-hydrogen) atoms. The standard InChI is InChI=1S/C22H18N4OS2/c27-22-25-17-9-4-5-10-18(17)26(22)11-6-12-28-20-16-13-19(15-7-2-1-3-8-15)29-21(16)24-14-23-20/h1-5,7-10,13-14H,6,11-12H2,(H,25,27). The van der Waals surface area contributed by atoms with Crippen molar-refractivity contribution in [2.24, 2.45) is 0 Å². The molecule has 5 aromatic rings. The fraction of sp³-hybridized carbons (Fsp3) is 0.136. The van der Waals surface area contributed by atoms with Gasteiger partial charge in [0.1, 0.15) is 16.2 Å². The predicted octanol–water partition coefficient (Wildman–Crippen LogP) is 5.18.